The van der Waals surface area contributed by atoms with Crippen molar-refractivity contribution in [1.29, 1.82) is 0 Å². The van der Waals surface area contributed by atoms with Crippen LogP contribution < -0.4 is 12.4 Å². The van der Waals surface area contributed by atoms with E-state index in [4.69, 9.17) is 0 Å². The molecule has 0 aromatic heterocycles. The number of halogens is 1. The Morgan fingerprint density at radius 1 is 1.06 bits per heavy atom. The van der Waals surface area contributed by atoms with Gasteiger partial charge in [0.05, 0.1) is 0 Å². The van der Waals surface area contributed by atoms with Crippen LogP contribution in [0.15, 0.2) is 36.4 Å². The van der Waals surface area contributed by atoms with Gasteiger partial charge >= 0.3 is 0 Å². The van der Waals surface area contributed by atoms with Crippen LogP contribution in [0.25, 0.3) is 10.8 Å². The molecule has 92 valence electrons. The molecule has 2 heterocycles. The third-order valence-corrected chi connectivity index (χ3v) is 4.23. The van der Waals surface area contributed by atoms with Crippen molar-refractivity contribution in [2.75, 3.05) is 6.54 Å². The van der Waals surface area contributed by atoms with Crippen LogP contribution in [0, 0.1) is 0 Å². The average Bonchev–Trinajstić information content (AvgIpc) is 2.83. The standard InChI is InChI=1S/C16H16N.ClH/c1-2-6-15-12(4-1)7-8-13-10-14-5-3-9-17(14)11-16(13)15;/h1-2,4,6-8,11,14H,3,5,9-10H2;1H/q+1;/p-1. The van der Waals surface area contributed by atoms with E-state index < -0.39 is 0 Å². The fourth-order valence-electron chi connectivity index (χ4n) is 3.34. The highest BCUT2D eigenvalue weighted by atomic mass is 35.5. The average molecular weight is 258 g/mol. The molecule has 0 spiro atoms. The van der Waals surface area contributed by atoms with Gasteiger partial charge in [0.25, 0.3) is 0 Å². The molecule has 0 amide bonds. The van der Waals surface area contributed by atoms with Crippen molar-refractivity contribution in [2.24, 2.45) is 0 Å². The van der Waals surface area contributed by atoms with Gasteiger partial charge in [-0.05, 0) is 16.3 Å². The minimum absolute atomic E-state index is 0. The summed E-state index contributed by atoms with van der Waals surface area (Å²) >= 11 is 0. The summed E-state index contributed by atoms with van der Waals surface area (Å²) < 4.78 is 2.55. The molecule has 0 radical (unpaired) electrons. The van der Waals surface area contributed by atoms with Gasteiger partial charge in [-0.25, -0.2) is 4.58 Å². The molecule has 2 aliphatic heterocycles. The second kappa shape index (κ2) is 4.40. The molecule has 1 saturated heterocycles. The molecular weight excluding hydrogens is 242 g/mol. The maximum absolute atomic E-state index is 2.55. The highest BCUT2D eigenvalue weighted by Gasteiger charge is 2.32. The maximum Gasteiger partial charge on any atom is 0.171 e. The zero-order chi connectivity index (χ0) is 11.2. The van der Waals surface area contributed by atoms with Gasteiger partial charge in [0.1, 0.15) is 6.54 Å². The van der Waals surface area contributed by atoms with Crippen LogP contribution in [-0.4, -0.2) is 23.4 Å². The molecular formula is C16H16ClN. The predicted octanol–water partition coefficient (Wildman–Crippen LogP) is -0.00630. The number of hydrogen-bond donors (Lipinski definition) is 0. The first kappa shape index (κ1) is 11.7. The molecule has 1 atom stereocenters. The van der Waals surface area contributed by atoms with Crippen molar-refractivity contribution < 1.29 is 17.0 Å². The second-order valence-electron chi connectivity index (χ2n) is 5.23. The first-order valence-electron chi connectivity index (χ1n) is 6.53. The number of nitrogens with zero attached hydrogens (tertiary/aromatic N) is 1. The van der Waals surface area contributed by atoms with E-state index in [9.17, 15) is 0 Å². The summed E-state index contributed by atoms with van der Waals surface area (Å²) in [5, 5.41) is 2.77. The van der Waals surface area contributed by atoms with E-state index in [1.54, 1.807) is 0 Å². The van der Waals surface area contributed by atoms with Gasteiger partial charge in [0.2, 0.25) is 0 Å². The molecule has 2 heteroatoms. The summed E-state index contributed by atoms with van der Waals surface area (Å²) in [5.74, 6) is 0. The first-order chi connectivity index (χ1) is 8.42. The topological polar surface area (TPSA) is 3.01 Å². The van der Waals surface area contributed by atoms with Crippen LogP contribution in [-0.2, 0) is 6.42 Å². The Morgan fingerprint density at radius 2 is 1.94 bits per heavy atom. The lowest BCUT2D eigenvalue weighted by molar-refractivity contribution is -0.540. The summed E-state index contributed by atoms with van der Waals surface area (Å²) in [6, 6.07) is 14.1. The van der Waals surface area contributed by atoms with Crippen molar-refractivity contribution >= 4 is 17.0 Å². The molecule has 1 fully saturated rings. The molecule has 2 aliphatic rings. The first-order valence-corrected chi connectivity index (χ1v) is 6.53. The largest absolute Gasteiger partial charge is 1.00 e. The lowest BCUT2D eigenvalue weighted by atomic mass is 9.92. The SMILES string of the molecule is C1=[N+]2CCCC2Cc2ccc3ccccc3c21.[Cl-]. The van der Waals surface area contributed by atoms with Crippen molar-refractivity contribution in [2.45, 2.75) is 25.3 Å². The fraction of sp³-hybridized carbons (Fsp3) is 0.312. The molecule has 2 aromatic carbocycles. The van der Waals surface area contributed by atoms with Crippen LogP contribution in [0.3, 0.4) is 0 Å². The molecule has 0 aliphatic carbocycles. The van der Waals surface area contributed by atoms with E-state index in [1.165, 1.54) is 47.7 Å². The molecule has 0 bridgehead atoms. The normalized spacial score (nSPS) is 20.9. The molecule has 1 unspecified atom stereocenters. The fourth-order valence-corrected chi connectivity index (χ4v) is 3.34. The van der Waals surface area contributed by atoms with Crippen LogP contribution in [0.1, 0.15) is 24.0 Å². The van der Waals surface area contributed by atoms with Gasteiger partial charge in [-0.3, -0.25) is 0 Å². The number of benzene rings is 2. The van der Waals surface area contributed by atoms with E-state index in [0.29, 0.717) is 0 Å². The Labute approximate surface area is 114 Å². The Kier molecular flexibility index (Phi) is 2.87. The van der Waals surface area contributed by atoms with Crippen LogP contribution in [0.4, 0.5) is 0 Å². The third-order valence-electron chi connectivity index (χ3n) is 4.23. The smallest absolute Gasteiger partial charge is 0.171 e. The van der Waals surface area contributed by atoms with E-state index in [2.05, 4.69) is 47.2 Å². The van der Waals surface area contributed by atoms with E-state index in [1.807, 2.05) is 0 Å². The summed E-state index contributed by atoms with van der Waals surface area (Å²) in [4.78, 5) is 0. The lowest BCUT2D eigenvalue weighted by Gasteiger charge is -2.17. The zero-order valence-electron chi connectivity index (χ0n) is 10.3. The van der Waals surface area contributed by atoms with E-state index in [0.717, 1.165) is 6.04 Å². The second-order valence-corrected chi connectivity index (χ2v) is 5.23. The van der Waals surface area contributed by atoms with Crippen molar-refractivity contribution in [1.82, 2.24) is 0 Å². The van der Waals surface area contributed by atoms with Gasteiger partial charge in [-0.1, -0.05) is 36.4 Å². The number of hydrogen-bond acceptors (Lipinski definition) is 0. The Balaban J connectivity index is 0.000001000. The quantitative estimate of drug-likeness (QED) is 0.585. The van der Waals surface area contributed by atoms with Crippen LogP contribution in [0.2, 0.25) is 0 Å². The molecule has 4 rings (SSSR count). The Hall–Kier alpha value is -1.34. The summed E-state index contributed by atoms with van der Waals surface area (Å²) in [7, 11) is 0. The minimum atomic E-state index is 0. The molecule has 0 saturated carbocycles. The van der Waals surface area contributed by atoms with Gasteiger partial charge < -0.3 is 12.4 Å². The molecule has 0 N–H and O–H groups in total. The van der Waals surface area contributed by atoms with Crippen LogP contribution >= 0.6 is 0 Å². The Bertz CT molecular complexity index is 630. The van der Waals surface area contributed by atoms with Gasteiger partial charge in [0.15, 0.2) is 12.3 Å². The summed E-state index contributed by atoms with van der Waals surface area (Å²) in [6.07, 6.45) is 6.35. The molecule has 18 heavy (non-hydrogen) atoms. The van der Waals surface area contributed by atoms with Gasteiger partial charge in [-0.2, -0.15) is 0 Å². The van der Waals surface area contributed by atoms with Gasteiger partial charge in [0, 0.05) is 24.8 Å². The monoisotopic (exact) mass is 257 g/mol. The van der Waals surface area contributed by atoms with E-state index >= 15 is 0 Å². The number of rotatable bonds is 0. The lowest BCUT2D eigenvalue weighted by Crippen LogP contribution is -3.00. The molecule has 2 aromatic rings. The van der Waals surface area contributed by atoms with Gasteiger partial charge in [-0.15, -0.1) is 0 Å². The maximum atomic E-state index is 2.55. The zero-order valence-corrected chi connectivity index (χ0v) is 11.0. The summed E-state index contributed by atoms with van der Waals surface area (Å²) in [5.41, 5.74) is 2.99. The van der Waals surface area contributed by atoms with Crippen molar-refractivity contribution in [3.8, 4) is 0 Å². The molecule has 1 nitrogen and oxygen atoms in total. The van der Waals surface area contributed by atoms with Crippen molar-refractivity contribution in [3.05, 3.63) is 47.5 Å². The Morgan fingerprint density at radius 3 is 2.89 bits per heavy atom. The highest BCUT2D eigenvalue weighted by Crippen LogP contribution is 2.28. The predicted molar refractivity (Wildman–Crippen MR) is 71.0 cm³/mol. The minimum Gasteiger partial charge on any atom is -1.00 e. The van der Waals surface area contributed by atoms with E-state index in [-0.39, 0.29) is 12.4 Å². The van der Waals surface area contributed by atoms with Crippen molar-refractivity contribution in [3.63, 3.8) is 0 Å². The number of fused-ring (bicyclic) bond motifs is 4. The van der Waals surface area contributed by atoms with Crippen LogP contribution in [0.5, 0.6) is 0 Å². The highest BCUT2D eigenvalue weighted by molar-refractivity contribution is 6.00. The summed E-state index contributed by atoms with van der Waals surface area (Å²) in [6.45, 7) is 1.24. The third kappa shape index (κ3) is 1.65.